The molecule has 3 heterocycles. The molecule has 318 valence electrons. The van der Waals surface area contributed by atoms with E-state index in [0.29, 0.717) is 17.6 Å². The minimum atomic E-state index is 0.549. The molecule has 0 spiro atoms. The molecule has 0 saturated heterocycles. The summed E-state index contributed by atoms with van der Waals surface area (Å²) in [6.45, 7) is 0. The zero-order valence-electron chi connectivity index (χ0n) is 36.9. The summed E-state index contributed by atoms with van der Waals surface area (Å²) >= 11 is 0. The molecule has 3 aromatic heterocycles. The lowest BCUT2D eigenvalue weighted by molar-refractivity contribution is 0.953. The van der Waals surface area contributed by atoms with Crippen molar-refractivity contribution in [3.8, 4) is 78.9 Å². The van der Waals surface area contributed by atoms with Crippen LogP contribution in [0.15, 0.2) is 249 Å². The van der Waals surface area contributed by atoms with Crippen LogP contribution in [0.2, 0.25) is 0 Å². The molecule has 0 N–H and O–H groups in total. The van der Waals surface area contributed by atoms with Gasteiger partial charge in [0.1, 0.15) is 0 Å². The van der Waals surface area contributed by atoms with Gasteiger partial charge < -0.3 is 4.57 Å². The predicted octanol–water partition coefficient (Wildman–Crippen LogP) is 16.1. The highest BCUT2D eigenvalue weighted by Crippen LogP contribution is 2.43. The van der Waals surface area contributed by atoms with Crippen molar-refractivity contribution in [2.45, 2.75) is 0 Å². The highest BCUT2D eigenvalue weighted by Gasteiger charge is 2.24. The smallest absolute Gasteiger partial charge is 0.238 e. The second-order valence-electron chi connectivity index (χ2n) is 17.2. The van der Waals surface area contributed by atoms with Crippen LogP contribution in [0.25, 0.3) is 123 Å². The van der Waals surface area contributed by atoms with Crippen molar-refractivity contribution in [3.63, 3.8) is 0 Å². The molecule has 13 rings (SSSR count). The molecule has 0 amide bonds. The monoisotopic (exact) mass is 867 g/mol. The van der Waals surface area contributed by atoms with Crippen LogP contribution in [0.1, 0.15) is 0 Å². The van der Waals surface area contributed by atoms with Gasteiger partial charge in [-0.15, -0.1) is 0 Å². The molecule has 0 aliphatic rings. The number of nitrogens with zero attached hydrogens (tertiary/aromatic N) is 5. The van der Waals surface area contributed by atoms with Crippen LogP contribution in [0, 0.1) is 0 Å². The third-order valence-electron chi connectivity index (χ3n) is 13.2. The van der Waals surface area contributed by atoms with E-state index in [1.807, 2.05) is 18.2 Å². The van der Waals surface area contributed by atoms with Crippen molar-refractivity contribution in [1.29, 1.82) is 0 Å². The van der Waals surface area contributed by atoms with E-state index in [2.05, 4.69) is 240 Å². The Bertz CT molecular complexity index is 4000. The van der Waals surface area contributed by atoms with Gasteiger partial charge in [-0.25, -0.2) is 4.98 Å². The summed E-state index contributed by atoms with van der Waals surface area (Å²) in [6, 6.07) is 88.2. The van der Waals surface area contributed by atoms with Crippen LogP contribution in [-0.2, 0) is 0 Å². The third kappa shape index (κ3) is 6.68. The molecular formula is C63H41N5. The van der Waals surface area contributed by atoms with Gasteiger partial charge in [-0.2, -0.15) is 9.97 Å². The fourth-order valence-corrected chi connectivity index (χ4v) is 10.00. The molecule has 0 radical (unpaired) electrons. The summed E-state index contributed by atoms with van der Waals surface area (Å²) in [7, 11) is 0. The fraction of sp³-hybridized carbons (Fsp3) is 0. The van der Waals surface area contributed by atoms with Crippen molar-refractivity contribution in [2.24, 2.45) is 0 Å². The lowest BCUT2D eigenvalue weighted by Crippen LogP contribution is -2.07. The summed E-state index contributed by atoms with van der Waals surface area (Å²) in [5.74, 6) is 1.75. The van der Waals surface area contributed by atoms with Gasteiger partial charge in [0.25, 0.3) is 0 Å². The van der Waals surface area contributed by atoms with E-state index in [-0.39, 0.29) is 0 Å². The van der Waals surface area contributed by atoms with Gasteiger partial charge in [0.05, 0.1) is 27.8 Å². The van der Waals surface area contributed by atoms with Crippen molar-refractivity contribution < 1.29 is 0 Å². The lowest BCUT2D eigenvalue weighted by atomic mass is 9.98. The van der Waals surface area contributed by atoms with Crippen LogP contribution in [0.4, 0.5) is 0 Å². The average molecular weight is 868 g/mol. The first-order valence-electron chi connectivity index (χ1n) is 23.0. The lowest BCUT2D eigenvalue weighted by Gasteiger charge is -2.16. The molecule has 0 atom stereocenters. The van der Waals surface area contributed by atoms with E-state index in [1.165, 1.54) is 27.6 Å². The largest absolute Gasteiger partial charge is 0.307 e. The number of fused-ring (bicyclic) bond motifs is 7. The van der Waals surface area contributed by atoms with E-state index in [1.54, 1.807) is 0 Å². The third-order valence-corrected chi connectivity index (χ3v) is 13.2. The second kappa shape index (κ2) is 16.4. The molecule has 0 aliphatic heterocycles. The first-order chi connectivity index (χ1) is 33.7. The summed E-state index contributed by atoms with van der Waals surface area (Å²) < 4.78 is 4.72. The minimum absolute atomic E-state index is 0.549. The van der Waals surface area contributed by atoms with E-state index in [9.17, 15) is 0 Å². The maximum Gasteiger partial charge on any atom is 0.238 e. The Balaban J connectivity index is 1.05. The quantitative estimate of drug-likeness (QED) is 0.153. The van der Waals surface area contributed by atoms with Crippen molar-refractivity contribution >= 4 is 43.6 Å². The number of aromatic nitrogens is 5. The van der Waals surface area contributed by atoms with Crippen molar-refractivity contribution in [3.05, 3.63) is 249 Å². The van der Waals surface area contributed by atoms with Crippen LogP contribution < -0.4 is 0 Å². The Hall–Kier alpha value is -9.19. The van der Waals surface area contributed by atoms with E-state index >= 15 is 0 Å². The van der Waals surface area contributed by atoms with Gasteiger partial charge in [0.2, 0.25) is 5.95 Å². The summed E-state index contributed by atoms with van der Waals surface area (Å²) in [5.41, 5.74) is 16.4. The summed E-state index contributed by atoms with van der Waals surface area (Å²) in [5, 5.41) is 4.56. The van der Waals surface area contributed by atoms with Gasteiger partial charge >= 0.3 is 0 Å². The topological polar surface area (TPSA) is 48.5 Å². The highest BCUT2D eigenvalue weighted by molar-refractivity contribution is 6.24. The Kier molecular flexibility index (Phi) is 9.43. The van der Waals surface area contributed by atoms with Crippen molar-refractivity contribution in [1.82, 2.24) is 24.1 Å². The van der Waals surface area contributed by atoms with Gasteiger partial charge in [-0.05, 0) is 69.3 Å². The zero-order chi connectivity index (χ0) is 45.0. The fourth-order valence-electron chi connectivity index (χ4n) is 10.00. The molecule has 68 heavy (non-hydrogen) atoms. The molecule has 0 unspecified atom stereocenters. The standard InChI is InChI=1S/C63H41N5/c1-4-18-42(19-5-1)47-24-16-25-48(40-47)44-34-36-46(37-35-44)62-64-61(45-22-8-3-9-23-45)65-63(66-62)68-58-33-15-12-30-53(58)55-39-38-54-52-29-11-14-32-57(52)67(59(54)60(55)68)56-31-13-10-28-51(56)50-27-17-26-49(41-50)43-20-6-2-7-21-43/h1-41H. The van der Waals surface area contributed by atoms with Crippen LogP contribution in [0.5, 0.6) is 0 Å². The minimum Gasteiger partial charge on any atom is -0.307 e. The Morgan fingerprint density at radius 2 is 0.647 bits per heavy atom. The molecule has 10 aromatic carbocycles. The molecular weight excluding hydrogens is 827 g/mol. The molecule has 5 heteroatoms. The summed E-state index contributed by atoms with van der Waals surface area (Å²) in [6.07, 6.45) is 0. The molecule has 13 aromatic rings. The van der Waals surface area contributed by atoms with Gasteiger partial charge in [0, 0.05) is 38.2 Å². The maximum absolute atomic E-state index is 5.43. The molecule has 0 saturated carbocycles. The predicted molar refractivity (Wildman–Crippen MR) is 281 cm³/mol. The number of hydrogen-bond acceptors (Lipinski definition) is 3. The SMILES string of the molecule is c1ccc(-c2cccc(-c3ccc(-c4nc(-c5ccccc5)nc(-n5c6ccccc6c6ccc7c8ccccc8n(-c8ccccc8-c8cccc(-c9ccccc9)c8)c7c65)n4)cc3)c2)cc1. The van der Waals surface area contributed by atoms with E-state index < -0.39 is 0 Å². The Morgan fingerprint density at radius 1 is 0.250 bits per heavy atom. The van der Waals surface area contributed by atoms with E-state index in [4.69, 9.17) is 15.0 Å². The highest BCUT2D eigenvalue weighted by atomic mass is 15.2. The number of hydrogen-bond donors (Lipinski definition) is 0. The number of benzene rings is 10. The Labute approximate surface area is 393 Å². The molecule has 0 bridgehead atoms. The molecule has 0 fully saturated rings. The van der Waals surface area contributed by atoms with Gasteiger partial charge in [-0.1, -0.05) is 218 Å². The molecule has 0 aliphatic carbocycles. The first kappa shape index (κ1) is 39.2. The Morgan fingerprint density at radius 3 is 1.24 bits per heavy atom. The van der Waals surface area contributed by atoms with Crippen LogP contribution >= 0.6 is 0 Å². The van der Waals surface area contributed by atoms with Crippen LogP contribution in [0.3, 0.4) is 0 Å². The number of para-hydroxylation sites is 3. The normalized spacial score (nSPS) is 11.5. The van der Waals surface area contributed by atoms with Gasteiger partial charge in [-0.3, -0.25) is 4.57 Å². The van der Waals surface area contributed by atoms with Crippen LogP contribution in [-0.4, -0.2) is 24.1 Å². The average Bonchev–Trinajstić information content (AvgIpc) is 3.95. The van der Waals surface area contributed by atoms with E-state index in [0.717, 1.165) is 77.3 Å². The van der Waals surface area contributed by atoms with Gasteiger partial charge in [0.15, 0.2) is 11.6 Å². The first-order valence-corrected chi connectivity index (χ1v) is 23.0. The van der Waals surface area contributed by atoms with Crippen molar-refractivity contribution in [2.75, 3.05) is 0 Å². The maximum atomic E-state index is 5.43. The molecule has 5 nitrogen and oxygen atoms in total. The summed E-state index contributed by atoms with van der Waals surface area (Å²) in [4.78, 5) is 16.0. The zero-order valence-corrected chi connectivity index (χ0v) is 36.9. The second-order valence-corrected chi connectivity index (χ2v) is 17.2. The number of rotatable bonds is 8.